The molecule has 0 radical (unpaired) electrons. The maximum absolute atomic E-state index is 5.61. The fourth-order valence-electron chi connectivity index (χ4n) is 1.84. The summed E-state index contributed by atoms with van der Waals surface area (Å²) in [6, 6.07) is 4.04. The van der Waals surface area contributed by atoms with Gasteiger partial charge >= 0.3 is 0 Å². The molecule has 0 saturated carbocycles. The Morgan fingerprint density at radius 2 is 2.06 bits per heavy atom. The van der Waals surface area contributed by atoms with Crippen LogP contribution in [0.5, 0.6) is 0 Å². The third kappa shape index (κ3) is 3.56. The first-order chi connectivity index (χ1) is 7.54. The van der Waals surface area contributed by atoms with Gasteiger partial charge in [-0.05, 0) is 38.4 Å². The van der Waals surface area contributed by atoms with Crippen LogP contribution in [0.4, 0.5) is 5.88 Å². The summed E-state index contributed by atoms with van der Waals surface area (Å²) in [4.78, 5) is 2.19. The van der Waals surface area contributed by atoms with Crippen LogP contribution >= 0.6 is 0 Å². The molecule has 3 nitrogen and oxygen atoms in total. The largest absolute Gasteiger partial charge is 0.446 e. The Morgan fingerprint density at radius 3 is 2.50 bits per heavy atom. The molecule has 0 aliphatic carbocycles. The molecule has 1 heterocycles. The van der Waals surface area contributed by atoms with Crippen molar-refractivity contribution in [2.24, 2.45) is 11.8 Å². The number of nitrogens with zero attached hydrogens (tertiary/aromatic N) is 1. The molecule has 0 amide bonds. The second-order valence-corrected chi connectivity index (χ2v) is 4.83. The molecule has 1 rings (SSSR count). The third-order valence-electron chi connectivity index (χ3n) is 3.02. The SMILES string of the molecule is CNCC(CN(C)c1ccc(C)o1)C(C)C. The van der Waals surface area contributed by atoms with Crippen LogP contribution < -0.4 is 10.2 Å². The lowest BCUT2D eigenvalue weighted by molar-refractivity contribution is 0.369. The molecule has 0 saturated heterocycles. The van der Waals surface area contributed by atoms with E-state index in [1.807, 2.05) is 26.1 Å². The molecule has 0 fully saturated rings. The molecule has 1 aromatic rings. The van der Waals surface area contributed by atoms with E-state index in [1.165, 1.54) is 0 Å². The van der Waals surface area contributed by atoms with E-state index in [0.717, 1.165) is 24.7 Å². The Bertz CT molecular complexity index is 307. The Hall–Kier alpha value is -0.960. The molecule has 0 aromatic carbocycles. The number of aryl methyl sites for hydroxylation is 1. The van der Waals surface area contributed by atoms with E-state index in [0.29, 0.717) is 11.8 Å². The highest BCUT2D eigenvalue weighted by Crippen LogP contribution is 2.19. The monoisotopic (exact) mass is 224 g/mol. The van der Waals surface area contributed by atoms with E-state index < -0.39 is 0 Å². The van der Waals surface area contributed by atoms with E-state index in [9.17, 15) is 0 Å². The Labute approximate surface area is 98.8 Å². The first-order valence-electron chi connectivity index (χ1n) is 5.96. The first-order valence-corrected chi connectivity index (χ1v) is 5.96. The van der Waals surface area contributed by atoms with Gasteiger partial charge in [-0.3, -0.25) is 0 Å². The van der Waals surface area contributed by atoms with Gasteiger partial charge in [0.05, 0.1) is 0 Å². The normalized spacial score (nSPS) is 13.1. The summed E-state index contributed by atoms with van der Waals surface area (Å²) in [6.45, 7) is 8.57. The second-order valence-electron chi connectivity index (χ2n) is 4.83. The molecule has 0 aliphatic heterocycles. The topological polar surface area (TPSA) is 28.4 Å². The number of anilines is 1. The number of rotatable bonds is 6. The van der Waals surface area contributed by atoms with Crippen LogP contribution in [-0.4, -0.2) is 27.2 Å². The summed E-state index contributed by atoms with van der Waals surface area (Å²) < 4.78 is 5.61. The third-order valence-corrected chi connectivity index (χ3v) is 3.02. The highest BCUT2D eigenvalue weighted by Gasteiger charge is 2.16. The summed E-state index contributed by atoms with van der Waals surface area (Å²) in [5.74, 6) is 3.24. The molecule has 1 unspecified atom stereocenters. The molecule has 92 valence electrons. The molecule has 1 atom stereocenters. The van der Waals surface area contributed by atoms with Crippen LogP contribution in [0.2, 0.25) is 0 Å². The molecule has 0 bridgehead atoms. The molecule has 0 aliphatic rings. The highest BCUT2D eigenvalue weighted by atomic mass is 16.4. The summed E-state index contributed by atoms with van der Waals surface area (Å²) >= 11 is 0. The minimum atomic E-state index is 0.639. The van der Waals surface area contributed by atoms with Crippen molar-refractivity contribution in [3.8, 4) is 0 Å². The van der Waals surface area contributed by atoms with Crippen molar-refractivity contribution in [3.63, 3.8) is 0 Å². The van der Waals surface area contributed by atoms with E-state index in [2.05, 4.69) is 31.1 Å². The fourth-order valence-corrected chi connectivity index (χ4v) is 1.84. The van der Waals surface area contributed by atoms with Crippen LogP contribution in [0, 0.1) is 18.8 Å². The summed E-state index contributed by atoms with van der Waals surface area (Å²) in [5, 5.41) is 3.25. The second kappa shape index (κ2) is 5.94. The van der Waals surface area contributed by atoms with Crippen LogP contribution in [0.25, 0.3) is 0 Å². The summed E-state index contributed by atoms with van der Waals surface area (Å²) in [5.41, 5.74) is 0. The van der Waals surface area contributed by atoms with Gasteiger partial charge in [0.1, 0.15) is 5.76 Å². The van der Waals surface area contributed by atoms with Crippen molar-refractivity contribution < 1.29 is 4.42 Å². The van der Waals surface area contributed by atoms with Gasteiger partial charge in [-0.15, -0.1) is 0 Å². The quantitative estimate of drug-likeness (QED) is 0.805. The van der Waals surface area contributed by atoms with Crippen LogP contribution in [0.3, 0.4) is 0 Å². The molecular formula is C13H24N2O. The number of furan rings is 1. The van der Waals surface area contributed by atoms with Crippen LogP contribution in [-0.2, 0) is 0 Å². The van der Waals surface area contributed by atoms with Crippen molar-refractivity contribution in [2.75, 3.05) is 32.1 Å². The summed E-state index contributed by atoms with van der Waals surface area (Å²) in [6.07, 6.45) is 0. The number of hydrogen-bond acceptors (Lipinski definition) is 3. The summed E-state index contributed by atoms with van der Waals surface area (Å²) in [7, 11) is 4.09. The van der Waals surface area contributed by atoms with Crippen molar-refractivity contribution >= 4 is 5.88 Å². The first kappa shape index (κ1) is 13.1. The average molecular weight is 224 g/mol. The van der Waals surface area contributed by atoms with Crippen molar-refractivity contribution in [1.82, 2.24) is 5.32 Å². The van der Waals surface area contributed by atoms with Crippen LogP contribution in [0.15, 0.2) is 16.5 Å². The smallest absolute Gasteiger partial charge is 0.195 e. The Kier molecular flexibility index (Phi) is 4.87. The lowest BCUT2D eigenvalue weighted by Gasteiger charge is -2.26. The predicted molar refractivity (Wildman–Crippen MR) is 69.0 cm³/mol. The minimum absolute atomic E-state index is 0.639. The molecule has 1 aromatic heterocycles. The van der Waals surface area contributed by atoms with Gasteiger partial charge < -0.3 is 14.6 Å². The minimum Gasteiger partial charge on any atom is -0.446 e. The molecule has 16 heavy (non-hydrogen) atoms. The predicted octanol–water partition coefficient (Wildman–Crippen LogP) is 2.52. The standard InChI is InChI=1S/C13H24N2O/c1-10(2)12(8-14-4)9-15(5)13-7-6-11(3)16-13/h6-7,10,12,14H,8-9H2,1-5H3. The van der Waals surface area contributed by atoms with Gasteiger partial charge in [0, 0.05) is 19.7 Å². The van der Waals surface area contributed by atoms with Crippen molar-refractivity contribution in [1.29, 1.82) is 0 Å². The zero-order valence-electron chi connectivity index (χ0n) is 11.1. The molecule has 0 spiro atoms. The lowest BCUT2D eigenvalue weighted by atomic mass is 9.95. The lowest BCUT2D eigenvalue weighted by Crippen LogP contribution is -2.34. The van der Waals surface area contributed by atoms with Gasteiger partial charge in [0.2, 0.25) is 0 Å². The average Bonchev–Trinajstić information content (AvgIpc) is 2.64. The van der Waals surface area contributed by atoms with Crippen molar-refractivity contribution in [3.05, 3.63) is 17.9 Å². The highest BCUT2D eigenvalue weighted by molar-refractivity contribution is 5.35. The van der Waals surface area contributed by atoms with Gasteiger partial charge in [-0.2, -0.15) is 0 Å². The fraction of sp³-hybridized carbons (Fsp3) is 0.692. The van der Waals surface area contributed by atoms with Gasteiger partial charge in [0.15, 0.2) is 5.88 Å². The van der Waals surface area contributed by atoms with E-state index >= 15 is 0 Å². The Balaban J connectivity index is 2.57. The zero-order valence-corrected chi connectivity index (χ0v) is 11.1. The zero-order chi connectivity index (χ0) is 12.1. The van der Waals surface area contributed by atoms with E-state index in [-0.39, 0.29) is 0 Å². The molecule has 3 heteroatoms. The maximum atomic E-state index is 5.61. The van der Waals surface area contributed by atoms with Gasteiger partial charge in [-0.1, -0.05) is 13.8 Å². The van der Waals surface area contributed by atoms with Crippen molar-refractivity contribution in [2.45, 2.75) is 20.8 Å². The Morgan fingerprint density at radius 1 is 1.38 bits per heavy atom. The van der Waals surface area contributed by atoms with Gasteiger partial charge in [-0.25, -0.2) is 0 Å². The van der Waals surface area contributed by atoms with Crippen LogP contribution in [0.1, 0.15) is 19.6 Å². The van der Waals surface area contributed by atoms with E-state index in [1.54, 1.807) is 0 Å². The van der Waals surface area contributed by atoms with E-state index in [4.69, 9.17) is 4.42 Å². The van der Waals surface area contributed by atoms with Gasteiger partial charge in [0.25, 0.3) is 0 Å². The number of nitrogens with one attached hydrogen (secondary N) is 1. The molecule has 1 N–H and O–H groups in total. The maximum Gasteiger partial charge on any atom is 0.195 e. The molecular weight excluding hydrogens is 200 g/mol. The number of hydrogen-bond donors (Lipinski definition) is 1.